The summed E-state index contributed by atoms with van der Waals surface area (Å²) in [6, 6.07) is 2.40. The van der Waals surface area contributed by atoms with Gasteiger partial charge in [-0.2, -0.15) is 0 Å². The maximum Gasteiger partial charge on any atom is 0.225 e. The van der Waals surface area contributed by atoms with E-state index in [2.05, 4.69) is 25.2 Å². The van der Waals surface area contributed by atoms with Crippen LogP contribution in [0.2, 0.25) is 0 Å². The predicted molar refractivity (Wildman–Crippen MR) is 102 cm³/mol. The number of rotatable bonds is 3. The Hall–Kier alpha value is -2.24. The number of amides is 1. The lowest BCUT2D eigenvalue weighted by atomic mass is 9.96. The molecule has 6 heteroatoms. The number of hydrogen-bond acceptors (Lipinski definition) is 5. The molecule has 0 bridgehead atoms. The maximum atomic E-state index is 12.8. The number of nitrogens with one attached hydrogen (secondary N) is 1. The van der Waals surface area contributed by atoms with Gasteiger partial charge in [0.2, 0.25) is 5.91 Å². The number of anilines is 1. The molecule has 1 aliphatic heterocycles. The second-order valence-electron chi connectivity index (χ2n) is 7.57. The first-order valence-electron chi connectivity index (χ1n) is 9.92. The van der Waals surface area contributed by atoms with Crippen molar-refractivity contribution in [1.82, 2.24) is 20.3 Å². The average Bonchev–Trinajstić information content (AvgIpc) is 2.96. The molecule has 0 aromatic carbocycles. The van der Waals surface area contributed by atoms with Gasteiger partial charge in [-0.15, -0.1) is 0 Å². The van der Waals surface area contributed by atoms with Crippen molar-refractivity contribution in [3.63, 3.8) is 0 Å². The average molecular weight is 353 g/mol. The van der Waals surface area contributed by atoms with Gasteiger partial charge in [-0.1, -0.05) is 25.7 Å². The number of carbonyl (C=O) groups excluding carboxylic acids is 1. The summed E-state index contributed by atoms with van der Waals surface area (Å²) in [7, 11) is 0. The van der Waals surface area contributed by atoms with Crippen molar-refractivity contribution >= 4 is 22.8 Å². The van der Waals surface area contributed by atoms with Crippen molar-refractivity contribution in [3.05, 3.63) is 24.7 Å². The molecule has 1 saturated carbocycles. The van der Waals surface area contributed by atoms with E-state index in [0.717, 1.165) is 50.0 Å². The zero-order valence-electron chi connectivity index (χ0n) is 15.2. The summed E-state index contributed by atoms with van der Waals surface area (Å²) in [5, 5.41) is 3.33. The molecule has 2 aromatic heterocycles. The molecule has 1 aliphatic carbocycles. The van der Waals surface area contributed by atoms with E-state index in [9.17, 15) is 4.79 Å². The molecule has 1 saturated heterocycles. The molecule has 26 heavy (non-hydrogen) atoms. The zero-order valence-corrected chi connectivity index (χ0v) is 15.2. The molecular weight excluding hydrogens is 326 g/mol. The van der Waals surface area contributed by atoms with Crippen molar-refractivity contribution in [2.75, 3.05) is 18.0 Å². The second-order valence-corrected chi connectivity index (χ2v) is 7.57. The summed E-state index contributed by atoms with van der Waals surface area (Å²) in [6.45, 7) is 1.71. The van der Waals surface area contributed by atoms with E-state index in [4.69, 9.17) is 0 Å². The van der Waals surface area contributed by atoms with E-state index >= 15 is 0 Å². The Kier molecular flexibility index (Phi) is 5.27. The summed E-state index contributed by atoms with van der Waals surface area (Å²) in [5.41, 5.74) is 2.50. The highest BCUT2D eigenvalue weighted by atomic mass is 16.2. The van der Waals surface area contributed by atoms with E-state index in [1.807, 2.05) is 12.3 Å². The van der Waals surface area contributed by atoms with E-state index in [0.29, 0.717) is 11.7 Å². The van der Waals surface area contributed by atoms with Gasteiger partial charge in [0.25, 0.3) is 0 Å². The van der Waals surface area contributed by atoms with Crippen LogP contribution in [0.1, 0.15) is 51.4 Å². The van der Waals surface area contributed by atoms with Crippen LogP contribution in [-0.4, -0.2) is 40.0 Å². The van der Waals surface area contributed by atoms with Crippen molar-refractivity contribution in [3.8, 4) is 0 Å². The zero-order chi connectivity index (χ0) is 17.8. The lowest BCUT2D eigenvalue weighted by Gasteiger charge is -2.34. The SMILES string of the molecule is O=C(NC1CCCCCC1)C1CCCN(c2cnc3nccnc3c2)C1. The molecule has 6 nitrogen and oxygen atoms in total. The van der Waals surface area contributed by atoms with Gasteiger partial charge in [-0.05, 0) is 31.7 Å². The van der Waals surface area contributed by atoms with Gasteiger partial charge < -0.3 is 10.2 Å². The molecular formula is C20H27N5O. The van der Waals surface area contributed by atoms with Crippen LogP contribution in [0.15, 0.2) is 24.7 Å². The molecule has 2 fully saturated rings. The van der Waals surface area contributed by atoms with Gasteiger partial charge in [-0.3, -0.25) is 9.78 Å². The molecule has 2 aromatic rings. The maximum absolute atomic E-state index is 12.8. The van der Waals surface area contributed by atoms with Crippen molar-refractivity contribution in [2.45, 2.75) is 57.4 Å². The number of nitrogens with zero attached hydrogens (tertiary/aromatic N) is 4. The lowest BCUT2D eigenvalue weighted by molar-refractivity contribution is -0.126. The van der Waals surface area contributed by atoms with Crippen LogP contribution in [0.3, 0.4) is 0 Å². The standard InChI is InChI=1S/C20H27N5O/c26-20(24-16-7-3-1-2-4-8-16)15-6-5-11-25(14-15)17-12-18-19(23-13-17)22-10-9-21-18/h9-10,12-13,15-16H,1-8,11,14H2,(H,24,26). The number of fused-ring (bicyclic) bond motifs is 1. The number of pyridine rings is 1. The van der Waals surface area contributed by atoms with Gasteiger partial charge >= 0.3 is 0 Å². The van der Waals surface area contributed by atoms with Crippen LogP contribution in [-0.2, 0) is 4.79 Å². The summed E-state index contributed by atoms with van der Waals surface area (Å²) in [4.78, 5) is 28.0. The Morgan fingerprint density at radius 1 is 1.00 bits per heavy atom. The fraction of sp³-hybridized carbons (Fsp3) is 0.600. The minimum Gasteiger partial charge on any atom is -0.369 e. The van der Waals surface area contributed by atoms with Crippen LogP contribution < -0.4 is 10.2 Å². The summed E-state index contributed by atoms with van der Waals surface area (Å²) in [5.74, 6) is 0.291. The number of hydrogen-bond donors (Lipinski definition) is 1. The Labute approximate surface area is 154 Å². The van der Waals surface area contributed by atoms with Crippen LogP contribution in [0.25, 0.3) is 11.2 Å². The fourth-order valence-corrected chi connectivity index (χ4v) is 4.19. The van der Waals surface area contributed by atoms with Gasteiger partial charge in [0, 0.05) is 31.5 Å². The van der Waals surface area contributed by atoms with E-state index in [1.54, 1.807) is 12.4 Å². The number of piperidine rings is 1. The molecule has 1 N–H and O–H groups in total. The first-order valence-corrected chi connectivity index (χ1v) is 9.92. The highest BCUT2D eigenvalue weighted by Crippen LogP contribution is 2.25. The van der Waals surface area contributed by atoms with Crippen molar-refractivity contribution in [1.29, 1.82) is 0 Å². The smallest absolute Gasteiger partial charge is 0.225 e. The molecule has 4 rings (SSSR count). The molecule has 1 atom stereocenters. The molecule has 0 radical (unpaired) electrons. The van der Waals surface area contributed by atoms with Crippen LogP contribution in [0, 0.1) is 5.92 Å². The largest absolute Gasteiger partial charge is 0.369 e. The first-order chi connectivity index (χ1) is 12.8. The Morgan fingerprint density at radius 2 is 1.81 bits per heavy atom. The Balaban J connectivity index is 1.41. The molecule has 138 valence electrons. The van der Waals surface area contributed by atoms with E-state index in [1.165, 1.54) is 25.7 Å². The van der Waals surface area contributed by atoms with Crippen LogP contribution >= 0.6 is 0 Å². The summed E-state index contributed by atoms with van der Waals surface area (Å²) < 4.78 is 0. The van der Waals surface area contributed by atoms with Crippen molar-refractivity contribution in [2.24, 2.45) is 5.92 Å². The van der Waals surface area contributed by atoms with Gasteiger partial charge in [0.1, 0.15) is 5.52 Å². The minimum absolute atomic E-state index is 0.0598. The van der Waals surface area contributed by atoms with Gasteiger partial charge in [-0.25, -0.2) is 9.97 Å². The second kappa shape index (κ2) is 7.98. The molecule has 2 aliphatic rings. The molecule has 0 spiro atoms. The minimum atomic E-state index is 0.0598. The van der Waals surface area contributed by atoms with E-state index in [-0.39, 0.29) is 11.8 Å². The number of carbonyl (C=O) groups is 1. The van der Waals surface area contributed by atoms with Gasteiger partial charge in [0.05, 0.1) is 17.8 Å². The number of aromatic nitrogens is 3. The third-order valence-corrected chi connectivity index (χ3v) is 5.67. The fourth-order valence-electron chi connectivity index (χ4n) is 4.19. The van der Waals surface area contributed by atoms with E-state index < -0.39 is 0 Å². The molecule has 3 heterocycles. The third kappa shape index (κ3) is 3.94. The molecule has 1 amide bonds. The normalized spacial score (nSPS) is 22.2. The van der Waals surface area contributed by atoms with Crippen LogP contribution in [0.4, 0.5) is 5.69 Å². The van der Waals surface area contributed by atoms with Crippen LogP contribution in [0.5, 0.6) is 0 Å². The van der Waals surface area contributed by atoms with Crippen molar-refractivity contribution < 1.29 is 4.79 Å². The highest BCUT2D eigenvalue weighted by Gasteiger charge is 2.28. The highest BCUT2D eigenvalue weighted by molar-refractivity contribution is 5.80. The molecule has 1 unspecified atom stereocenters. The summed E-state index contributed by atoms with van der Waals surface area (Å²) >= 11 is 0. The quantitative estimate of drug-likeness (QED) is 0.859. The van der Waals surface area contributed by atoms with Gasteiger partial charge in [0.15, 0.2) is 5.65 Å². The predicted octanol–water partition coefficient (Wildman–Crippen LogP) is 3.08. The topological polar surface area (TPSA) is 71.0 Å². The first kappa shape index (κ1) is 17.2. The third-order valence-electron chi connectivity index (χ3n) is 5.67. The summed E-state index contributed by atoms with van der Waals surface area (Å²) in [6.07, 6.45) is 14.6. The monoisotopic (exact) mass is 353 g/mol. The Morgan fingerprint density at radius 3 is 2.65 bits per heavy atom. The Bertz CT molecular complexity index is 757. The lowest BCUT2D eigenvalue weighted by Crippen LogP contribution is -2.46.